The van der Waals surface area contributed by atoms with Crippen molar-refractivity contribution in [1.29, 1.82) is 0 Å². The second-order valence-electron chi connectivity index (χ2n) is 4.47. The van der Waals surface area contributed by atoms with Gasteiger partial charge in [0.1, 0.15) is 0 Å². The summed E-state index contributed by atoms with van der Waals surface area (Å²) in [7, 11) is 0. The summed E-state index contributed by atoms with van der Waals surface area (Å²) in [6.07, 6.45) is 3.48. The minimum absolute atomic E-state index is 0.0407. The first kappa shape index (κ1) is 14.8. The molecule has 0 aromatic heterocycles. The fourth-order valence-electron chi connectivity index (χ4n) is 1.64. The van der Waals surface area contributed by atoms with E-state index in [0.29, 0.717) is 13.1 Å². The van der Waals surface area contributed by atoms with Crippen LogP contribution in [0, 0.1) is 6.92 Å². The molecule has 1 rings (SSSR count). The smallest absolute Gasteiger partial charge is 0.246 e. The van der Waals surface area contributed by atoms with Gasteiger partial charge in [0.15, 0.2) is 0 Å². The third-order valence-corrected chi connectivity index (χ3v) is 2.84. The number of hydrogen-bond donors (Lipinski definition) is 1. The summed E-state index contributed by atoms with van der Waals surface area (Å²) < 4.78 is 0. The lowest BCUT2D eigenvalue weighted by Crippen LogP contribution is -2.33. The second kappa shape index (κ2) is 7.27. The molecule has 0 spiro atoms. The van der Waals surface area contributed by atoms with E-state index in [9.17, 15) is 4.79 Å². The molecule has 0 saturated carbocycles. The SMILES string of the molecule is CCN(CC(C)S)C(=O)/C=C/c1ccc(C)cc1. The van der Waals surface area contributed by atoms with E-state index in [1.165, 1.54) is 5.56 Å². The first-order valence-electron chi connectivity index (χ1n) is 6.24. The van der Waals surface area contributed by atoms with Crippen LogP contribution in [-0.2, 0) is 4.79 Å². The van der Waals surface area contributed by atoms with Crippen molar-refractivity contribution in [3.05, 3.63) is 41.5 Å². The Hall–Kier alpha value is -1.22. The summed E-state index contributed by atoms with van der Waals surface area (Å²) in [5.74, 6) is 0.0407. The van der Waals surface area contributed by atoms with Gasteiger partial charge in [-0.2, -0.15) is 12.6 Å². The number of thiol groups is 1. The van der Waals surface area contributed by atoms with Gasteiger partial charge in [-0.05, 0) is 25.5 Å². The van der Waals surface area contributed by atoms with Crippen LogP contribution in [0.5, 0.6) is 0 Å². The van der Waals surface area contributed by atoms with E-state index in [4.69, 9.17) is 0 Å². The topological polar surface area (TPSA) is 20.3 Å². The lowest BCUT2D eigenvalue weighted by atomic mass is 10.1. The zero-order chi connectivity index (χ0) is 13.5. The molecule has 18 heavy (non-hydrogen) atoms. The number of aryl methyl sites for hydroxylation is 1. The maximum Gasteiger partial charge on any atom is 0.246 e. The molecule has 98 valence electrons. The van der Waals surface area contributed by atoms with Crippen molar-refractivity contribution in [3.8, 4) is 0 Å². The van der Waals surface area contributed by atoms with Gasteiger partial charge in [0.25, 0.3) is 0 Å². The molecule has 1 aromatic carbocycles. The Balaban J connectivity index is 2.65. The third kappa shape index (κ3) is 4.96. The molecule has 3 heteroatoms. The molecule has 0 radical (unpaired) electrons. The Bertz CT molecular complexity index is 409. The lowest BCUT2D eigenvalue weighted by molar-refractivity contribution is -0.125. The molecular weight excluding hydrogens is 242 g/mol. The standard InChI is InChI=1S/C15H21NOS/c1-4-16(11-13(3)18)15(17)10-9-14-7-5-12(2)6-8-14/h5-10,13,18H,4,11H2,1-3H3/b10-9+. The van der Waals surface area contributed by atoms with E-state index >= 15 is 0 Å². The minimum Gasteiger partial charge on any atom is -0.338 e. The third-order valence-electron chi connectivity index (χ3n) is 2.67. The Morgan fingerprint density at radius 1 is 1.39 bits per heavy atom. The molecule has 0 fully saturated rings. The fraction of sp³-hybridized carbons (Fsp3) is 0.400. The number of benzene rings is 1. The van der Waals surface area contributed by atoms with Crippen LogP contribution in [-0.4, -0.2) is 29.1 Å². The van der Waals surface area contributed by atoms with Crippen molar-refractivity contribution >= 4 is 24.6 Å². The minimum atomic E-state index is 0.0407. The summed E-state index contributed by atoms with van der Waals surface area (Å²) in [6, 6.07) is 8.10. The van der Waals surface area contributed by atoms with Crippen molar-refractivity contribution in [2.24, 2.45) is 0 Å². The molecule has 1 aromatic rings. The summed E-state index contributed by atoms with van der Waals surface area (Å²) in [6.45, 7) is 7.40. The van der Waals surface area contributed by atoms with E-state index in [1.54, 1.807) is 11.0 Å². The number of carbonyl (C=O) groups is 1. The Labute approximate surface area is 115 Å². The number of carbonyl (C=O) groups excluding carboxylic acids is 1. The quantitative estimate of drug-likeness (QED) is 0.639. The van der Waals surface area contributed by atoms with Gasteiger partial charge in [0.2, 0.25) is 5.91 Å². The average molecular weight is 263 g/mol. The largest absolute Gasteiger partial charge is 0.338 e. The highest BCUT2D eigenvalue weighted by Crippen LogP contribution is 2.06. The van der Waals surface area contributed by atoms with Crippen LogP contribution >= 0.6 is 12.6 Å². The van der Waals surface area contributed by atoms with Gasteiger partial charge in [0.05, 0.1) is 0 Å². The zero-order valence-electron chi connectivity index (χ0n) is 11.3. The molecule has 1 amide bonds. The van der Waals surface area contributed by atoms with Gasteiger partial charge in [-0.15, -0.1) is 0 Å². The van der Waals surface area contributed by atoms with Crippen LogP contribution in [0.4, 0.5) is 0 Å². The second-order valence-corrected chi connectivity index (χ2v) is 5.35. The molecule has 0 aliphatic carbocycles. The maximum atomic E-state index is 12.0. The van der Waals surface area contributed by atoms with E-state index in [2.05, 4.69) is 12.6 Å². The highest BCUT2D eigenvalue weighted by molar-refractivity contribution is 7.80. The summed E-state index contributed by atoms with van der Waals surface area (Å²) >= 11 is 4.32. The number of rotatable bonds is 5. The van der Waals surface area contributed by atoms with Gasteiger partial charge >= 0.3 is 0 Å². The Kier molecular flexibility index (Phi) is 5.99. The molecule has 2 nitrogen and oxygen atoms in total. The van der Waals surface area contributed by atoms with Crippen LogP contribution in [0.15, 0.2) is 30.3 Å². The summed E-state index contributed by atoms with van der Waals surface area (Å²) in [5.41, 5.74) is 2.27. The molecule has 0 heterocycles. The Morgan fingerprint density at radius 3 is 2.50 bits per heavy atom. The number of hydrogen-bond acceptors (Lipinski definition) is 2. The molecule has 0 bridgehead atoms. The molecule has 1 unspecified atom stereocenters. The van der Waals surface area contributed by atoms with Crippen LogP contribution in [0.25, 0.3) is 6.08 Å². The zero-order valence-corrected chi connectivity index (χ0v) is 12.2. The van der Waals surface area contributed by atoms with E-state index in [0.717, 1.165) is 5.56 Å². The van der Waals surface area contributed by atoms with Crippen molar-refractivity contribution < 1.29 is 4.79 Å². The van der Waals surface area contributed by atoms with E-state index in [1.807, 2.05) is 51.1 Å². The number of amides is 1. The normalized spacial score (nSPS) is 12.7. The van der Waals surface area contributed by atoms with Crippen molar-refractivity contribution in [3.63, 3.8) is 0 Å². The molecule has 1 atom stereocenters. The van der Waals surface area contributed by atoms with Crippen molar-refractivity contribution in [1.82, 2.24) is 4.90 Å². The summed E-state index contributed by atoms with van der Waals surface area (Å²) in [5, 5.41) is 0.196. The van der Waals surface area contributed by atoms with Crippen LogP contribution in [0.2, 0.25) is 0 Å². The highest BCUT2D eigenvalue weighted by Gasteiger charge is 2.09. The average Bonchev–Trinajstić information content (AvgIpc) is 2.34. The highest BCUT2D eigenvalue weighted by atomic mass is 32.1. The fourth-order valence-corrected chi connectivity index (χ4v) is 1.84. The maximum absolute atomic E-state index is 12.0. The monoisotopic (exact) mass is 263 g/mol. The van der Waals surface area contributed by atoms with Gasteiger partial charge in [0, 0.05) is 24.4 Å². The number of likely N-dealkylation sites (N-methyl/N-ethyl adjacent to an activating group) is 1. The van der Waals surface area contributed by atoms with Crippen molar-refractivity contribution in [2.75, 3.05) is 13.1 Å². The van der Waals surface area contributed by atoms with E-state index in [-0.39, 0.29) is 11.2 Å². The van der Waals surface area contributed by atoms with Crippen LogP contribution in [0.1, 0.15) is 25.0 Å². The van der Waals surface area contributed by atoms with Gasteiger partial charge < -0.3 is 4.90 Å². The van der Waals surface area contributed by atoms with E-state index < -0.39 is 0 Å². The van der Waals surface area contributed by atoms with Gasteiger partial charge in [-0.1, -0.05) is 36.8 Å². The van der Waals surface area contributed by atoms with Crippen LogP contribution < -0.4 is 0 Å². The summed E-state index contributed by atoms with van der Waals surface area (Å²) in [4.78, 5) is 13.7. The number of nitrogens with zero attached hydrogens (tertiary/aromatic N) is 1. The van der Waals surface area contributed by atoms with Crippen LogP contribution in [0.3, 0.4) is 0 Å². The lowest BCUT2D eigenvalue weighted by Gasteiger charge is -2.20. The van der Waals surface area contributed by atoms with Crippen molar-refractivity contribution in [2.45, 2.75) is 26.0 Å². The first-order valence-corrected chi connectivity index (χ1v) is 6.76. The molecule has 0 saturated heterocycles. The first-order chi connectivity index (χ1) is 8.52. The van der Waals surface area contributed by atoms with Gasteiger partial charge in [-0.25, -0.2) is 0 Å². The molecule has 0 N–H and O–H groups in total. The molecule has 0 aliphatic rings. The predicted octanol–water partition coefficient (Wildman–Crippen LogP) is 3.18. The molecule has 0 aliphatic heterocycles. The Morgan fingerprint density at radius 2 is 2.00 bits per heavy atom. The molecular formula is C15H21NOS. The predicted molar refractivity (Wildman–Crippen MR) is 80.9 cm³/mol. The van der Waals surface area contributed by atoms with Gasteiger partial charge in [-0.3, -0.25) is 4.79 Å².